The van der Waals surface area contributed by atoms with Crippen LogP contribution >= 0.6 is 0 Å². The molecule has 84 valence electrons. The summed E-state index contributed by atoms with van der Waals surface area (Å²) in [6.07, 6.45) is 0.715. The number of aliphatic carboxylic acids is 1. The number of phenolic OH excluding ortho intramolecular Hbond substituents is 1. The summed E-state index contributed by atoms with van der Waals surface area (Å²) in [4.78, 5) is 10.6. The lowest BCUT2D eigenvalue weighted by Crippen LogP contribution is -2.18. The molecule has 2 N–H and O–H groups in total. The van der Waals surface area contributed by atoms with Crippen LogP contribution in [-0.4, -0.2) is 22.4 Å². The molecule has 1 aliphatic rings. The molecule has 1 aromatic rings. The highest BCUT2D eigenvalue weighted by Crippen LogP contribution is 2.34. The Kier molecular flexibility index (Phi) is 2.64. The molecule has 2 rings (SSSR count). The highest BCUT2D eigenvalue weighted by Gasteiger charge is 2.26. The Morgan fingerprint density at radius 1 is 1.44 bits per heavy atom. The van der Waals surface area contributed by atoms with Crippen molar-refractivity contribution in [3.63, 3.8) is 0 Å². The van der Waals surface area contributed by atoms with Crippen LogP contribution in [0.5, 0.6) is 5.75 Å². The number of carbonyl (C=O) groups is 1. The molecule has 0 spiro atoms. The molecule has 1 atom stereocenters. The van der Waals surface area contributed by atoms with Gasteiger partial charge in [-0.25, -0.2) is 9.18 Å². The Hall–Kier alpha value is -1.84. The van der Waals surface area contributed by atoms with Gasteiger partial charge in [0.1, 0.15) is 5.75 Å². The number of alkyl halides is 1. The predicted molar refractivity (Wildman–Crippen MR) is 56.9 cm³/mol. The van der Waals surface area contributed by atoms with Gasteiger partial charge in [-0.2, -0.15) is 0 Å². The molecule has 1 aromatic carbocycles. The normalized spacial score (nSPS) is 16.2. The highest BCUT2D eigenvalue weighted by molar-refractivity contribution is 5.91. The Bertz CT molecular complexity index is 465. The van der Waals surface area contributed by atoms with E-state index in [1.165, 1.54) is 6.07 Å². The van der Waals surface area contributed by atoms with Crippen molar-refractivity contribution in [1.29, 1.82) is 0 Å². The van der Waals surface area contributed by atoms with Crippen molar-refractivity contribution in [1.82, 2.24) is 0 Å². The molecule has 0 aliphatic heterocycles. The van der Waals surface area contributed by atoms with Crippen molar-refractivity contribution in [3.8, 4) is 5.75 Å². The SMILES string of the molecule is O=C(O)C(F)C1=CCCc2c(O)cccc21. The van der Waals surface area contributed by atoms with Crippen molar-refractivity contribution in [2.75, 3.05) is 0 Å². The van der Waals surface area contributed by atoms with E-state index >= 15 is 0 Å². The van der Waals surface area contributed by atoms with Gasteiger partial charge in [-0.3, -0.25) is 0 Å². The number of hydrogen-bond donors (Lipinski definition) is 2. The van der Waals surface area contributed by atoms with Crippen LogP contribution in [0.2, 0.25) is 0 Å². The minimum Gasteiger partial charge on any atom is -0.508 e. The molecule has 0 radical (unpaired) electrons. The molecule has 0 saturated carbocycles. The van der Waals surface area contributed by atoms with Crippen LogP contribution in [0.1, 0.15) is 17.5 Å². The number of allylic oxidation sites excluding steroid dienone is 1. The van der Waals surface area contributed by atoms with Crippen LogP contribution in [0, 0.1) is 0 Å². The molecule has 0 saturated heterocycles. The van der Waals surface area contributed by atoms with E-state index in [-0.39, 0.29) is 11.3 Å². The number of halogens is 1. The second-order valence-electron chi connectivity index (χ2n) is 3.70. The highest BCUT2D eigenvalue weighted by atomic mass is 19.1. The van der Waals surface area contributed by atoms with Crippen molar-refractivity contribution >= 4 is 11.5 Å². The van der Waals surface area contributed by atoms with E-state index in [0.29, 0.717) is 24.0 Å². The molecule has 0 fully saturated rings. The Morgan fingerprint density at radius 3 is 2.88 bits per heavy atom. The lowest BCUT2D eigenvalue weighted by atomic mass is 9.88. The van der Waals surface area contributed by atoms with E-state index in [9.17, 15) is 14.3 Å². The first-order valence-corrected chi connectivity index (χ1v) is 4.99. The molecular formula is C12H11FO3. The molecular weight excluding hydrogens is 211 g/mol. The monoisotopic (exact) mass is 222 g/mol. The molecule has 0 aromatic heterocycles. The van der Waals surface area contributed by atoms with Crippen molar-refractivity contribution in [2.45, 2.75) is 19.0 Å². The fraction of sp³-hybridized carbons (Fsp3) is 0.250. The van der Waals surface area contributed by atoms with E-state index in [1.54, 1.807) is 18.2 Å². The van der Waals surface area contributed by atoms with E-state index < -0.39 is 12.1 Å². The number of phenols is 1. The van der Waals surface area contributed by atoms with E-state index in [2.05, 4.69) is 0 Å². The summed E-state index contributed by atoms with van der Waals surface area (Å²) < 4.78 is 13.5. The van der Waals surface area contributed by atoms with Crippen molar-refractivity contribution in [3.05, 3.63) is 35.4 Å². The zero-order valence-electron chi connectivity index (χ0n) is 8.48. The molecule has 0 amide bonds. The van der Waals surface area contributed by atoms with Crippen LogP contribution in [0.3, 0.4) is 0 Å². The maximum atomic E-state index is 13.5. The van der Waals surface area contributed by atoms with Crippen LogP contribution in [-0.2, 0) is 11.2 Å². The Morgan fingerprint density at radius 2 is 2.19 bits per heavy atom. The third kappa shape index (κ3) is 1.66. The summed E-state index contributed by atoms with van der Waals surface area (Å²) in [6.45, 7) is 0. The van der Waals surface area contributed by atoms with Gasteiger partial charge in [0.15, 0.2) is 0 Å². The molecule has 4 heteroatoms. The zero-order valence-corrected chi connectivity index (χ0v) is 8.48. The van der Waals surface area contributed by atoms with Gasteiger partial charge in [-0.15, -0.1) is 0 Å². The van der Waals surface area contributed by atoms with E-state index in [4.69, 9.17) is 5.11 Å². The third-order valence-corrected chi connectivity index (χ3v) is 2.71. The van der Waals surface area contributed by atoms with Crippen LogP contribution in [0.25, 0.3) is 5.57 Å². The minimum absolute atomic E-state index is 0.0979. The second kappa shape index (κ2) is 3.96. The van der Waals surface area contributed by atoms with Gasteiger partial charge in [0.25, 0.3) is 0 Å². The Balaban J connectivity index is 2.49. The lowest BCUT2D eigenvalue weighted by molar-refractivity contribution is -0.140. The van der Waals surface area contributed by atoms with Gasteiger partial charge in [-0.1, -0.05) is 18.2 Å². The number of aromatic hydroxyl groups is 1. The standard InChI is InChI=1S/C12H11FO3/c13-11(12(15)16)9-5-1-4-8-7(9)3-2-6-10(8)14/h2-3,5-6,11,14H,1,4H2,(H,15,16). The first-order chi connectivity index (χ1) is 7.61. The van der Waals surface area contributed by atoms with E-state index in [1.807, 2.05) is 0 Å². The topological polar surface area (TPSA) is 57.5 Å². The molecule has 0 heterocycles. The minimum atomic E-state index is -2.03. The number of carboxylic acids is 1. The zero-order chi connectivity index (χ0) is 11.7. The fourth-order valence-electron chi connectivity index (χ4n) is 1.96. The maximum Gasteiger partial charge on any atom is 0.343 e. The predicted octanol–water partition coefficient (Wildman–Crippen LogP) is 2.14. The lowest BCUT2D eigenvalue weighted by Gasteiger charge is -2.19. The molecule has 3 nitrogen and oxygen atoms in total. The smallest absolute Gasteiger partial charge is 0.343 e. The van der Waals surface area contributed by atoms with E-state index in [0.717, 1.165) is 0 Å². The van der Waals surface area contributed by atoms with Crippen molar-refractivity contribution < 1.29 is 19.4 Å². The molecule has 1 unspecified atom stereocenters. The largest absolute Gasteiger partial charge is 0.508 e. The number of hydrogen-bond acceptors (Lipinski definition) is 2. The van der Waals surface area contributed by atoms with Crippen LogP contribution < -0.4 is 0 Å². The van der Waals surface area contributed by atoms with Gasteiger partial charge in [0.2, 0.25) is 6.17 Å². The summed E-state index contributed by atoms with van der Waals surface area (Å²) >= 11 is 0. The summed E-state index contributed by atoms with van der Waals surface area (Å²) in [5, 5.41) is 18.2. The molecule has 0 bridgehead atoms. The molecule has 1 aliphatic carbocycles. The number of fused-ring (bicyclic) bond motifs is 1. The average molecular weight is 222 g/mol. The second-order valence-corrected chi connectivity index (χ2v) is 3.70. The van der Waals surface area contributed by atoms with Gasteiger partial charge in [0, 0.05) is 11.1 Å². The van der Waals surface area contributed by atoms with Crippen LogP contribution in [0.4, 0.5) is 4.39 Å². The maximum absolute atomic E-state index is 13.5. The summed E-state index contributed by atoms with van der Waals surface area (Å²) in [5.41, 5.74) is 1.27. The quantitative estimate of drug-likeness (QED) is 0.806. The summed E-state index contributed by atoms with van der Waals surface area (Å²) in [7, 11) is 0. The fourth-order valence-corrected chi connectivity index (χ4v) is 1.96. The summed E-state index contributed by atoms with van der Waals surface area (Å²) in [6, 6.07) is 4.74. The van der Waals surface area contributed by atoms with Gasteiger partial charge < -0.3 is 10.2 Å². The average Bonchev–Trinajstić information content (AvgIpc) is 2.28. The number of carboxylic acid groups (broad SMARTS) is 1. The van der Waals surface area contributed by atoms with Crippen LogP contribution in [0.15, 0.2) is 24.3 Å². The van der Waals surface area contributed by atoms with Gasteiger partial charge in [-0.05, 0) is 24.5 Å². The molecule has 16 heavy (non-hydrogen) atoms. The van der Waals surface area contributed by atoms with Crippen molar-refractivity contribution in [2.24, 2.45) is 0 Å². The van der Waals surface area contributed by atoms with Gasteiger partial charge >= 0.3 is 5.97 Å². The number of rotatable bonds is 2. The first-order valence-electron chi connectivity index (χ1n) is 4.99. The third-order valence-electron chi connectivity index (χ3n) is 2.71. The Labute approximate surface area is 91.8 Å². The van der Waals surface area contributed by atoms with Gasteiger partial charge in [0.05, 0.1) is 0 Å². The summed E-state index contributed by atoms with van der Waals surface area (Å²) in [5.74, 6) is -1.40. The number of benzene rings is 1. The first kappa shape index (κ1) is 10.7.